The van der Waals surface area contributed by atoms with Gasteiger partial charge in [0, 0.05) is 36.7 Å². The molecule has 0 aliphatic carbocycles. The van der Waals surface area contributed by atoms with Gasteiger partial charge in [-0.05, 0) is 88.3 Å². The predicted molar refractivity (Wildman–Crippen MR) is 118 cm³/mol. The Labute approximate surface area is 174 Å². The highest BCUT2D eigenvalue weighted by molar-refractivity contribution is 14.1. The van der Waals surface area contributed by atoms with Crippen molar-refractivity contribution in [3.05, 3.63) is 103 Å². The minimum atomic E-state index is -0.173. The number of benzene rings is 3. The smallest absolute Gasteiger partial charge is 0.249 e. The lowest BCUT2D eigenvalue weighted by molar-refractivity contribution is 0.103. The van der Waals surface area contributed by atoms with Crippen LogP contribution in [0.25, 0.3) is 22.0 Å². The Bertz CT molecular complexity index is 1230. The number of H-pyrrole nitrogens is 1. The van der Waals surface area contributed by atoms with E-state index in [1.54, 1.807) is 42.5 Å². The van der Waals surface area contributed by atoms with E-state index >= 15 is 0 Å². The van der Waals surface area contributed by atoms with Crippen LogP contribution in [-0.2, 0) is 0 Å². The molecule has 5 heteroatoms. The van der Waals surface area contributed by atoms with Gasteiger partial charge < -0.3 is 4.98 Å². The molecule has 0 saturated carbocycles. The van der Waals surface area contributed by atoms with E-state index < -0.39 is 0 Å². The third-order valence-corrected chi connectivity index (χ3v) is 5.27. The number of aromatic amines is 1. The van der Waals surface area contributed by atoms with Crippen LogP contribution in [0.2, 0.25) is 5.02 Å². The number of carbonyl (C=O) groups excluding carboxylic acids is 1. The van der Waals surface area contributed by atoms with Gasteiger partial charge in [0.25, 0.3) is 0 Å². The molecular formula is C22H13ClINO2. The standard InChI is InChI=1S/C22H13ClINO2/c23-16-7-4-13(5-8-16)22(27)15-6-9-20-19(11-15)18(12-21(26)25-20)14-2-1-3-17(24)10-14/h1-12H,(H,25,26). The Morgan fingerprint density at radius 2 is 1.63 bits per heavy atom. The number of hydrogen-bond donors (Lipinski definition) is 1. The highest BCUT2D eigenvalue weighted by atomic mass is 127. The van der Waals surface area contributed by atoms with Gasteiger partial charge >= 0.3 is 0 Å². The maximum Gasteiger partial charge on any atom is 0.249 e. The summed E-state index contributed by atoms with van der Waals surface area (Å²) >= 11 is 8.15. The molecule has 0 amide bonds. The molecule has 0 atom stereocenters. The van der Waals surface area contributed by atoms with E-state index in [0.29, 0.717) is 21.7 Å². The van der Waals surface area contributed by atoms with Crippen LogP contribution in [0, 0.1) is 3.57 Å². The third kappa shape index (κ3) is 3.68. The summed E-state index contributed by atoms with van der Waals surface area (Å²) in [4.78, 5) is 27.8. The normalized spacial score (nSPS) is 10.9. The molecule has 0 saturated heterocycles. The Balaban J connectivity index is 1.89. The zero-order valence-corrected chi connectivity index (χ0v) is 16.9. The van der Waals surface area contributed by atoms with Crippen LogP contribution in [0.3, 0.4) is 0 Å². The van der Waals surface area contributed by atoms with E-state index in [4.69, 9.17) is 11.6 Å². The first-order valence-corrected chi connectivity index (χ1v) is 9.70. The number of aromatic nitrogens is 1. The molecule has 132 valence electrons. The van der Waals surface area contributed by atoms with Gasteiger partial charge in [-0.15, -0.1) is 0 Å². The minimum absolute atomic E-state index is 0.0895. The number of ketones is 1. The van der Waals surface area contributed by atoms with Gasteiger partial charge in [0.1, 0.15) is 0 Å². The second kappa shape index (κ2) is 7.29. The number of carbonyl (C=O) groups is 1. The average molecular weight is 486 g/mol. The Morgan fingerprint density at radius 3 is 2.37 bits per heavy atom. The monoisotopic (exact) mass is 485 g/mol. The van der Waals surface area contributed by atoms with Crippen molar-refractivity contribution in [3.8, 4) is 11.1 Å². The van der Waals surface area contributed by atoms with Crippen molar-refractivity contribution in [2.75, 3.05) is 0 Å². The number of halogens is 2. The molecule has 1 heterocycles. The first kappa shape index (κ1) is 17.9. The highest BCUT2D eigenvalue weighted by Gasteiger charge is 2.13. The van der Waals surface area contributed by atoms with Crippen LogP contribution in [0.15, 0.2) is 77.6 Å². The van der Waals surface area contributed by atoms with E-state index in [1.165, 1.54) is 0 Å². The molecule has 1 N–H and O–H groups in total. The molecule has 27 heavy (non-hydrogen) atoms. The van der Waals surface area contributed by atoms with E-state index in [2.05, 4.69) is 27.6 Å². The second-order valence-corrected chi connectivity index (χ2v) is 7.84. The lowest BCUT2D eigenvalue weighted by atomic mass is 9.97. The van der Waals surface area contributed by atoms with E-state index in [-0.39, 0.29) is 11.3 Å². The third-order valence-electron chi connectivity index (χ3n) is 4.35. The minimum Gasteiger partial charge on any atom is -0.322 e. The summed E-state index contributed by atoms with van der Waals surface area (Å²) in [6.07, 6.45) is 0. The van der Waals surface area contributed by atoms with Gasteiger partial charge in [0.05, 0.1) is 0 Å². The summed E-state index contributed by atoms with van der Waals surface area (Å²) in [6, 6.07) is 21.7. The van der Waals surface area contributed by atoms with Gasteiger partial charge in [-0.1, -0.05) is 23.7 Å². The predicted octanol–water partition coefficient (Wildman–Crippen LogP) is 5.68. The summed E-state index contributed by atoms with van der Waals surface area (Å²) in [5, 5.41) is 1.42. The van der Waals surface area contributed by atoms with Crippen LogP contribution >= 0.6 is 34.2 Å². The topological polar surface area (TPSA) is 49.9 Å². The molecule has 0 fully saturated rings. The number of nitrogens with one attached hydrogen (secondary N) is 1. The lowest BCUT2D eigenvalue weighted by Gasteiger charge is -2.09. The van der Waals surface area contributed by atoms with Gasteiger partial charge in [0.2, 0.25) is 5.56 Å². The molecular weight excluding hydrogens is 473 g/mol. The summed E-state index contributed by atoms with van der Waals surface area (Å²) in [5.74, 6) is -0.0895. The summed E-state index contributed by atoms with van der Waals surface area (Å²) < 4.78 is 1.08. The fourth-order valence-corrected chi connectivity index (χ4v) is 3.73. The SMILES string of the molecule is O=C(c1ccc(Cl)cc1)c1ccc2[nH]c(=O)cc(-c3cccc(I)c3)c2c1. The largest absolute Gasteiger partial charge is 0.322 e. The zero-order valence-electron chi connectivity index (χ0n) is 14.0. The van der Waals surface area contributed by atoms with Crippen LogP contribution < -0.4 is 5.56 Å². The van der Waals surface area contributed by atoms with Crippen LogP contribution in [0.4, 0.5) is 0 Å². The summed E-state index contributed by atoms with van der Waals surface area (Å²) in [6.45, 7) is 0. The molecule has 0 aliphatic heterocycles. The van der Waals surface area contributed by atoms with Crippen LogP contribution in [-0.4, -0.2) is 10.8 Å². The van der Waals surface area contributed by atoms with Crippen molar-refractivity contribution in [2.45, 2.75) is 0 Å². The fourth-order valence-electron chi connectivity index (χ4n) is 3.06. The number of rotatable bonds is 3. The average Bonchev–Trinajstić information content (AvgIpc) is 2.67. The maximum atomic E-state index is 12.9. The molecule has 4 rings (SSSR count). The van der Waals surface area contributed by atoms with E-state index in [1.807, 2.05) is 30.3 Å². The summed E-state index contributed by atoms with van der Waals surface area (Å²) in [5.41, 5.74) is 3.40. The van der Waals surface area contributed by atoms with Crippen molar-refractivity contribution < 1.29 is 4.79 Å². The van der Waals surface area contributed by atoms with Crippen molar-refractivity contribution in [3.63, 3.8) is 0 Å². The zero-order chi connectivity index (χ0) is 19.0. The highest BCUT2D eigenvalue weighted by Crippen LogP contribution is 2.28. The van der Waals surface area contributed by atoms with Crippen molar-refractivity contribution in [1.29, 1.82) is 0 Å². The van der Waals surface area contributed by atoms with Gasteiger partial charge in [-0.25, -0.2) is 0 Å². The summed E-state index contributed by atoms with van der Waals surface area (Å²) in [7, 11) is 0. The maximum absolute atomic E-state index is 12.9. The first-order valence-electron chi connectivity index (χ1n) is 8.24. The van der Waals surface area contributed by atoms with Gasteiger partial charge in [-0.2, -0.15) is 0 Å². The second-order valence-electron chi connectivity index (χ2n) is 6.15. The molecule has 1 aromatic heterocycles. The van der Waals surface area contributed by atoms with E-state index in [9.17, 15) is 9.59 Å². The number of fused-ring (bicyclic) bond motifs is 1. The molecule has 3 nitrogen and oxygen atoms in total. The Hall–Kier alpha value is -2.44. The molecule has 3 aromatic carbocycles. The molecule has 4 aromatic rings. The molecule has 0 radical (unpaired) electrons. The van der Waals surface area contributed by atoms with Gasteiger partial charge in [-0.3, -0.25) is 9.59 Å². The van der Waals surface area contributed by atoms with Crippen LogP contribution in [0.1, 0.15) is 15.9 Å². The first-order chi connectivity index (χ1) is 13.0. The Kier molecular flexibility index (Phi) is 4.85. The lowest BCUT2D eigenvalue weighted by Crippen LogP contribution is -2.06. The molecule has 0 aliphatic rings. The Morgan fingerprint density at radius 1 is 0.889 bits per heavy atom. The number of pyridine rings is 1. The number of hydrogen-bond acceptors (Lipinski definition) is 2. The van der Waals surface area contributed by atoms with Crippen molar-refractivity contribution in [1.82, 2.24) is 4.98 Å². The fraction of sp³-hybridized carbons (Fsp3) is 0. The molecule has 0 spiro atoms. The van der Waals surface area contributed by atoms with Crippen LogP contribution in [0.5, 0.6) is 0 Å². The molecule has 0 unspecified atom stereocenters. The van der Waals surface area contributed by atoms with Crippen molar-refractivity contribution in [2.24, 2.45) is 0 Å². The van der Waals surface area contributed by atoms with E-state index in [0.717, 1.165) is 20.1 Å². The molecule has 0 bridgehead atoms. The van der Waals surface area contributed by atoms with Gasteiger partial charge in [0.15, 0.2) is 5.78 Å². The van der Waals surface area contributed by atoms with Crippen molar-refractivity contribution >= 4 is 50.9 Å². The quantitative estimate of drug-likeness (QED) is 0.300.